The molecule has 1 atom stereocenters. The molecule has 9 heteroatoms. The lowest BCUT2D eigenvalue weighted by atomic mass is 9.99. The van der Waals surface area contributed by atoms with Crippen LogP contribution >= 0.6 is 0 Å². The lowest BCUT2D eigenvalue weighted by Gasteiger charge is -2.22. The van der Waals surface area contributed by atoms with Crippen molar-refractivity contribution < 1.29 is 31.7 Å². The van der Waals surface area contributed by atoms with Crippen LogP contribution in [0, 0.1) is 12.8 Å². The van der Waals surface area contributed by atoms with Crippen molar-refractivity contribution in [3.63, 3.8) is 0 Å². The van der Waals surface area contributed by atoms with Gasteiger partial charge in [0.1, 0.15) is 16.2 Å². The number of alkyl carbamates (subject to hydrolysis) is 1. The molecule has 0 radical (unpaired) electrons. The molecule has 0 aliphatic heterocycles. The normalized spacial score (nSPS) is 12.7. The van der Waals surface area contributed by atoms with Gasteiger partial charge in [-0.25, -0.2) is 4.79 Å². The highest BCUT2D eigenvalue weighted by atomic mass is 32.2. The molecule has 0 spiro atoms. The van der Waals surface area contributed by atoms with E-state index in [1.54, 1.807) is 58.9 Å². The van der Waals surface area contributed by atoms with E-state index in [9.17, 15) is 18.0 Å². The van der Waals surface area contributed by atoms with Gasteiger partial charge in [0.2, 0.25) is 0 Å². The Kier molecular flexibility index (Phi) is 9.09. The van der Waals surface area contributed by atoms with E-state index >= 15 is 0 Å². The van der Waals surface area contributed by atoms with Crippen molar-refractivity contribution in [2.45, 2.75) is 64.6 Å². The average molecular weight is 492 g/mol. The summed E-state index contributed by atoms with van der Waals surface area (Å²) in [7, 11) is -3.96. The third kappa shape index (κ3) is 9.05. The Labute approximate surface area is 201 Å². The highest BCUT2D eigenvalue weighted by Crippen LogP contribution is 2.21. The monoisotopic (exact) mass is 491 g/mol. The van der Waals surface area contributed by atoms with Crippen LogP contribution in [0.2, 0.25) is 0 Å². The van der Waals surface area contributed by atoms with Gasteiger partial charge in [-0.15, -0.1) is 0 Å². The van der Waals surface area contributed by atoms with Crippen molar-refractivity contribution in [1.82, 2.24) is 5.32 Å². The molecule has 34 heavy (non-hydrogen) atoms. The molecule has 0 saturated heterocycles. The zero-order valence-corrected chi connectivity index (χ0v) is 21.3. The molecule has 2 aromatic rings. The minimum Gasteiger partial charge on any atom is -0.463 e. The van der Waals surface area contributed by atoms with Crippen LogP contribution < -0.4 is 9.50 Å². The first-order chi connectivity index (χ1) is 15.7. The Morgan fingerprint density at radius 1 is 0.971 bits per heavy atom. The van der Waals surface area contributed by atoms with E-state index in [0.717, 1.165) is 11.1 Å². The summed E-state index contributed by atoms with van der Waals surface area (Å²) < 4.78 is 40.7. The number of hydrogen-bond donors (Lipinski definition) is 1. The summed E-state index contributed by atoms with van der Waals surface area (Å²) in [5.74, 6) is -0.955. The van der Waals surface area contributed by atoms with E-state index in [0.29, 0.717) is 0 Å². The van der Waals surface area contributed by atoms with E-state index in [1.165, 1.54) is 24.3 Å². The summed E-state index contributed by atoms with van der Waals surface area (Å²) in [6, 6.07) is 12.7. The average Bonchev–Trinajstić information content (AvgIpc) is 2.70. The number of carbonyl (C=O) groups excluding carboxylic acids is 2. The van der Waals surface area contributed by atoms with Gasteiger partial charge in [-0.1, -0.05) is 29.8 Å². The van der Waals surface area contributed by atoms with Crippen LogP contribution in [0.1, 0.15) is 45.7 Å². The first-order valence-electron chi connectivity index (χ1n) is 11.0. The van der Waals surface area contributed by atoms with Crippen LogP contribution in [0.5, 0.6) is 5.75 Å². The second-order valence-electron chi connectivity index (χ2n) is 9.26. The number of rotatable bonds is 9. The smallest absolute Gasteiger partial charge is 0.407 e. The van der Waals surface area contributed by atoms with E-state index in [-0.39, 0.29) is 29.7 Å². The molecule has 2 rings (SSSR count). The topological polar surface area (TPSA) is 108 Å². The maximum Gasteiger partial charge on any atom is 0.407 e. The van der Waals surface area contributed by atoms with Gasteiger partial charge in [0.25, 0.3) is 0 Å². The molecule has 1 N–H and O–H groups in total. The molecule has 0 aromatic heterocycles. The Bertz CT molecular complexity index is 1070. The van der Waals surface area contributed by atoms with Gasteiger partial charge in [0.05, 0.1) is 12.0 Å². The van der Waals surface area contributed by atoms with Crippen LogP contribution in [-0.2, 0) is 30.8 Å². The predicted molar refractivity (Wildman–Crippen MR) is 128 cm³/mol. The predicted octanol–water partition coefficient (Wildman–Crippen LogP) is 4.40. The lowest BCUT2D eigenvalue weighted by molar-refractivity contribution is -0.152. The minimum absolute atomic E-state index is 0.0283. The highest BCUT2D eigenvalue weighted by molar-refractivity contribution is 7.87. The fourth-order valence-corrected chi connectivity index (χ4v) is 3.86. The standard InChI is InChI=1S/C25H33NO7S/c1-17(2)31-23(27)20(16-26-24(28)32-25(4,5)6)15-19-9-11-21(12-10-19)33-34(29,30)22-13-7-18(3)8-14-22/h7-14,17,20H,15-16H2,1-6H3,(H,26,28). The van der Waals surface area contributed by atoms with Crippen LogP contribution in [0.3, 0.4) is 0 Å². The van der Waals surface area contributed by atoms with Gasteiger partial charge in [-0.2, -0.15) is 8.42 Å². The van der Waals surface area contributed by atoms with Gasteiger partial charge in [-0.3, -0.25) is 4.79 Å². The molecular weight excluding hydrogens is 458 g/mol. The molecule has 1 amide bonds. The Balaban J connectivity index is 2.08. The number of benzene rings is 2. The van der Waals surface area contributed by atoms with Crippen molar-refractivity contribution in [2.75, 3.05) is 6.54 Å². The van der Waals surface area contributed by atoms with Gasteiger partial charge in [0, 0.05) is 6.54 Å². The van der Waals surface area contributed by atoms with Crippen molar-refractivity contribution in [1.29, 1.82) is 0 Å². The van der Waals surface area contributed by atoms with Crippen molar-refractivity contribution in [2.24, 2.45) is 5.92 Å². The third-order valence-corrected chi connectivity index (χ3v) is 5.76. The number of carbonyl (C=O) groups is 2. The van der Waals surface area contributed by atoms with Gasteiger partial charge in [0.15, 0.2) is 0 Å². The number of nitrogens with one attached hydrogen (secondary N) is 1. The lowest BCUT2D eigenvalue weighted by Crippen LogP contribution is -2.38. The maximum atomic E-state index is 12.6. The molecule has 2 aromatic carbocycles. The molecule has 0 fully saturated rings. The maximum absolute atomic E-state index is 12.6. The summed E-state index contributed by atoms with van der Waals surface area (Å²) in [6.45, 7) is 10.6. The Morgan fingerprint density at radius 2 is 1.56 bits per heavy atom. The fraction of sp³-hybridized carbons (Fsp3) is 0.440. The van der Waals surface area contributed by atoms with Gasteiger partial charge >= 0.3 is 22.2 Å². The molecular formula is C25H33NO7S. The first-order valence-corrected chi connectivity index (χ1v) is 12.4. The number of esters is 1. The second-order valence-corrected chi connectivity index (χ2v) is 10.8. The van der Waals surface area contributed by atoms with Crippen LogP contribution in [-0.4, -0.2) is 38.7 Å². The molecule has 0 saturated carbocycles. The molecule has 1 unspecified atom stereocenters. The first kappa shape index (κ1) is 27.2. The molecule has 0 heterocycles. The van der Waals surface area contributed by atoms with Crippen molar-refractivity contribution >= 4 is 22.2 Å². The number of ether oxygens (including phenoxy) is 2. The van der Waals surface area contributed by atoms with Crippen LogP contribution in [0.25, 0.3) is 0 Å². The van der Waals surface area contributed by atoms with Crippen LogP contribution in [0.4, 0.5) is 4.79 Å². The largest absolute Gasteiger partial charge is 0.463 e. The molecule has 0 bridgehead atoms. The Hall–Kier alpha value is -3.07. The SMILES string of the molecule is Cc1ccc(S(=O)(=O)Oc2ccc(CC(CNC(=O)OC(C)(C)C)C(=O)OC(C)C)cc2)cc1. The summed E-state index contributed by atoms with van der Waals surface area (Å²) in [5.41, 5.74) is 1.03. The minimum atomic E-state index is -3.96. The quantitative estimate of drug-likeness (QED) is 0.409. The zero-order chi connectivity index (χ0) is 25.5. The molecule has 186 valence electrons. The van der Waals surface area contributed by atoms with Gasteiger partial charge < -0.3 is 19.0 Å². The van der Waals surface area contributed by atoms with E-state index in [1.807, 2.05) is 6.92 Å². The summed E-state index contributed by atoms with van der Waals surface area (Å²) in [5, 5.41) is 2.61. The summed E-state index contributed by atoms with van der Waals surface area (Å²) in [6.07, 6.45) is -0.661. The summed E-state index contributed by atoms with van der Waals surface area (Å²) >= 11 is 0. The third-order valence-electron chi connectivity index (χ3n) is 4.50. The number of aryl methyl sites for hydroxylation is 1. The molecule has 0 aliphatic rings. The van der Waals surface area contributed by atoms with E-state index in [4.69, 9.17) is 13.7 Å². The Morgan fingerprint density at radius 3 is 2.09 bits per heavy atom. The second kappa shape index (κ2) is 11.4. The number of amides is 1. The van der Waals surface area contributed by atoms with Gasteiger partial charge in [-0.05, 0) is 77.8 Å². The van der Waals surface area contributed by atoms with E-state index < -0.39 is 33.7 Å². The fourth-order valence-electron chi connectivity index (χ4n) is 2.93. The molecule has 8 nitrogen and oxygen atoms in total. The van der Waals surface area contributed by atoms with Crippen LogP contribution in [0.15, 0.2) is 53.4 Å². The zero-order valence-electron chi connectivity index (χ0n) is 20.5. The van der Waals surface area contributed by atoms with E-state index in [2.05, 4.69) is 5.32 Å². The van der Waals surface area contributed by atoms with Crippen molar-refractivity contribution in [3.05, 3.63) is 59.7 Å². The van der Waals surface area contributed by atoms with Crippen molar-refractivity contribution in [3.8, 4) is 5.75 Å². The summed E-state index contributed by atoms with van der Waals surface area (Å²) in [4.78, 5) is 24.6. The molecule has 0 aliphatic carbocycles. The highest BCUT2D eigenvalue weighted by Gasteiger charge is 2.24. The number of hydrogen-bond acceptors (Lipinski definition) is 7.